The van der Waals surface area contributed by atoms with E-state index in [9.17, 15) is 14.9 Å². The number of nitro groups is 1. The molecule has 1 aliphatic heterocycles. The van der Waals surface area contributed by atoms with E-state index in [0.717, 1.165) is 5.56 Å². The number of halogens is 1. The number of benzene rings is 1. The van der Waals surface area contributed by atoms with E-state index in [4.69, 9.17) is 16.3 Å². The molecule has 0 saturated carbocycles. The molecular formula is C15H16ClNO4. The maximum Gasteiger partial charge on any atom is 0.210 e. The van der Waals surface area contributed by atoms with Crippen LogP contribution in [0.1, 0.15) is 12.0 Å². The molecule has 1 aliphatic rings. The Balaban J connectivity index is 2.13. The van der Waals surface area contributed by atoms with Crippen molar-refractivity contribution in [3.05, 3.63) is 51.0 Å². The topological polar surface area (TPSA) is 69.4 Å². The highest BCUT2D eigenvalue weighted by atomic mass is 35.5. The molecule has 0 amide bonds. The number of nitrogens with zero attached hydrogens (tertiary/aromatic N) is 1. The minimum Gasteiger partial charge on any atom is -0.380 e. The first-order chi connectivity index (χ1) is 10.1. The van der Waals surface area contributed by atoms with Crippen molar-refractivity contribution in [2.24, 2.45) is 11.8 Å². The number of hydrogen-bond donors (Lipinski definition) is 0. The van der Waals surface area contributed by atoms with Crippen LogP contribution in [0, 0.1) is 22.0 Å². The molecule has 0 unspecified atom stereocenters. The van der Waals surface area contributed by atoms with Crippen molar-refractivity contribution < 1.29 is 14.5 Å². The lowest BCUT2D eigenvalue weighted by Crippen LogP contribution is -2.35. The van der Waals surface area contributed by atoms with Gasteiger partial charge in [0.25, 0.3) is 0 Å². The molecule has 1 aromatic rings. The van der Waals surface area contributed by atoms with Crippen molar-refractivity contribution in [1.82, 2.24) is 0 Å². The molecule has 112 valence electrons. The molecule has 1 fully saturated rings. The Morgan fingerprint density at radius 2 is 2.14 bits per heavy atom. The fraction of sp³-hybridized carbons (Fsp3) is 0.400. The Kier molecular flexibility index (Phi) is 5.47. The second-order valence-electron chi connectivity index (χ2n) is 4.99. The van der Waals surface area contributed by atoms with Crippen molar-refractivity contribution in [3.63, 3.8) is 0 Å². The standard InChI is InChI=1S/C15H16ClNO4/c16-13-5-2-11(3-6-13)1-4-12(9-17(19)20)14-10-21-8-7-15(14)18/h1-6,12,14H,7-10H2/b4-1+/t12-,14+/m1/s1. The summed E-state index contributed by atoms with van der Waals surface area (Å²) in [7, 11) is 0. The largest absolute Gasteiger partial charge is 0.380 e. The van der Waals surface area contributed by atoms with Gasteiger partial charge in [0.15, 0.2) is 0 Å². The molecule has 21 heavy (non-hydrogen) atoms. The van der Waals surface area contributed by atoms with Crippen LogP contribution in [0.15, 0.2) is 30.3 Å². The Bertz CT molecular complexity index is 541. The van der Waals surface area contributed by atoms with Crippen LogP contribution >= 0.6 is 11.6 Å². The number of carbonyl (C=O) groups is 1. The van der Waals surface area contributed by atoms with Gasteiger partial charge >= 0.3 is 0 Å². The third-order valence-corrected chi connectivity index (χ3v) is 3.74. The lowest BCUT2D eigenvalue weighted by molar-refractivity contribution is -0.487. The first-order valence-electron chi connectivity index (χ1n) is 6.72. The Hall–Kier alpha value is -1.72. The highest BCUT2D eigenvalue weighted by Crippen LogP contribution is 2.22. The summed E-state index contributed by atoms with van der Waals surface area (Å²) in [6.45, 7) is 0.383. The van der Waals surface area contributed by atoms with Gasteiger partial charge in [0, 0.05) is 16.4 Å². The molecule has 6 heteroatoms. The summed E-state index contributed by atoms with van der Waals surface area (Å²) >= 11 is 5.81. The van der Waals surface area contributed by atoms with E-state index in [1.165, 1.54) is 0 Å². The predicted octanol–water partition coefficient (Wildman–Crippen LogP) is 2.85. The van der Waals surface area contributed by atoms with Gasteiger partial charge in [-0.3, -0.25) is 14.9 Å². The van der Waals surface area contributed by atoms with E-state index in [-0.39, 0.29) is 18.9 Å². The van der Waals surface area contributed by atoms with Crippen molar-refractivity contribution in [1.29, 1.82) is 0 Å². The fourth-order valence-electron chi connectivity index (χ4n) is 2.33. The lowest BCUT2D eigenvalue weighted by atomic mass is 9.86. The van der Waals surface area contributed by atoms with Crippen molar-refractivity contribution in [2.75, 3.05) is 19.8 Å². The first-order valence-corrected chi connectivity index (χ1v) is 7.10. The molecule has 1 saturated heterocycles. The molecule has 0 N–H and O–H groups in total. The molecule has 1 aromatic carbocycles. The Labute approximate surface area is 127 Å². The van der Waals surface area contributed by atoms with Crippen LogP contribution in [-0.4, -0.2) is 30.5 Å². The Morgan fingerprint density at radius 1 is 1.43 bits per heavy atom. The molecule has 0 bridgehead atoms. The fourth-order valence-corrected chi connectivity index (χ4v) is 2.45. The number of carbonyl (C=O) groups excluding carboxylic acids is 1. The summed E-state index contributed by atoms with van der Waals surface area (Å²) in [4.78, 5) is 22.3. The summed E-state index contributed by atoms with van der Waals surface area (Å²) in [6, 6.07) is 7.14. The number of ether oxygens (including phenoxy) is 1. The smallest absolute Gasteiger partial charge is 0.210 e. The van der Waals surface area contributed by atoms with Gasteiger partial charge in [-0.15, -0.1) is 0 Å². The monoisotopic (exact) mass is 309 g/mol. The van der Waals surface area contributed by atoms with Gasteiger partial charge in [-0.25, -0.2) is 0 Å². The van der Waals surface area contributed by atoms with Crippen LogP contribution in [0.5, 0.6) is 0 Å². The van der Waals surface area contributed by atoms with Crippen molar-refractivity contribution >= 4 is 23.5 Å². The third kappa shape index (κ3) is 4.65. The average molecular weight is 310 g/mol. The molecule has 0 spiro atoms. The molecule has 0 aliphatic carbocycles. The molecule has 2 rings (SSSR count). The number of rotatable bonds is 5. The number of hydrogen-bond acceptors (Lipinski definition) is 4. The van der Waals surface area contributed by atoms with Crippen molar-refractivity contribution in [2.45, 2.75) is 6.42 Å². The first kappa shape index (κ1) is 15.7. The van der Waals surface area contributed by atoms with Gasteiger partial charge in [0.1, 0.15) is 5.78 Å². The maximum absolute atomic E-state index is 11.9. The van der Waals surface area contributed by atoms with E-state index in [2.05, 4.69) is 0 Å². The van der Waals surface area contributed by atoms with E-state index >= 15 is 0 Å². The molecule has 0 radical (unpaired) electrons. The maximum atomic E-state index is 11.9. The van der Waals surface area contributed by atoms with Crippen LogP contribution in [0.2, 0.25) is 5.02 Å². The van der Waals surface area contributed by atoms with E-state index < -0.39 is 16.8 Å². The minimum absolute atomic E-state index is 0.0360. The van der Waals surface area contributed by atoms with Gasteiger partial charge < -0.3 is 4.74 Å². The zero-order valence-electron chi connectivity index (χ0n) is 11.4. The van der Waals surface area contributed by atoms with Gasteiger partial charge in [-0.1, -0.05) is 35.9 Å². The predicted molar refractivity (Wildman–Crippen MR) is 79.8 cm³/mol. The van der Waals surface area contributed by atoms with Gasteiger partial charge in [-0.05, 0) is 17.7 Å². The zero-order chi connectivity index (χ0) is 15.2. The number of Topliss-reactive ketones (excluding diaryl/α,β-unsaturated/α-hetero) is 1. The Morgan fingerprint density at radius 3 is 2.76 bits per heavy atom. The highest BCUT2D eigenvalue weighted by Gasteiger charge is 2.32. The number of ketones is 1. The third-order valence-electron chi connectivity index (χ3n) is 3.49. The van der Waals surface area contributed by atoms with Crippen molar-refractivity contribution in [3.8, 4) is 0 Å². The van der Waals surface area contributed by atoms with Crippen LogP contribution < -0.4 is 0 Å². The lowest BCUT2D eigenvalue weighted by Gasteiger charge is -2.24. The molecule has 0 aromatic heterocycles. The van der Waals surface area contributed by atoms with Crippen LogP contribution in [0.4, 0.5) is 0 Å². The van der Waals surface area contributed by atoms with Gasteiger partial charge in [0.05, 0.1) is 25.0 Å². The summed E-state index contributed by atoms with van der Waals surface area (Å²) in [5.41, 5.74) is 0.886. The minimum atomic E-state index is -0.455. The van der Waals surface area contributed by atoms with Crippen LogP contribution in [-0.2, 0) is 9.53 Å². The normalized spacial score (nSPS) is 20.6. The molecule has 5 nitrogen and oxygen atoms in total. The van der Waals surface area contributed by atoms with E-state index in [1.54, 1.807) is 24.3 Å². The second kappa shape index (κ2) is 7.33. The SMILES string of the molecule is O=C1CCOC[C@H]1[C@H](/C=C/c1ccc(Cl)cc1)C[N+](=O)[O-]. The second-order valence-corrected chi connectivity index (χ2v) is 5.42. The quantitative estimate of drug-likeness (QED) is 0.619. The van der Waals surface area contributed by atoms with Crippen LogP contribution in [0.25, 0.3) is 6.08 Å². The zero-order valence-corrected chi connectivity index (χ0v) is 12.2. The van der Waals surface area contributed by atoms with Crippen LogP contribution in [0.3, 0.4) is 0 Å². The highest BCUT2D eigenvalue weighted by molar-refractivity contribution is 6.30. The summed E-state index contributed by atoms with van der Waals surface area (Å²) in [6.07, 6.45) is 3.84. The molecule has 1 heterocycles. The average Bonchev–Trinajstić information content (AvgIpc) is 2.45. The summed E-state index contributed by atoms with van der Waals surface area (Å²) in [5, 5.41) is 11.4. The van der Waals surface area contributed by atoms with E-state index in [0.29, 0.717) is 18.1 Å². The molecular weight excluding hydrogens is 294 g/mol. The summed E-state index contributed by atoms with van der Waals surface area (Å²) in [5.74, 6) is -0.856. The molecule has 2 atom stereocenters. The van der Waals surface area contributed by atoms with E-state index in [1.807, 2.05) is 12.1 Å². The van der Waals surface area contributed by atoms with Gasteiger partial charge in [0.2, 0.25) is 6.54 Å². The summed E-state index contributed by atoms with van der Waals surface area (Å²) < 4.78 is 5.29. The van der Waals surface area contributed by atoms with Gasteiger partial charge in [-0.2, -0.15) is 0 Å².